The SMILES string of the molecule is COC(=O)[C@H](CNC(=O)CCC(=O)c1cccc(NC(=O)OC(C)(C)C)c1)CC(=O)C1C2CCC(CC2)N1S(=O)(=O)c1ccccc1. The lowest BCUT2D eigenvalue weighted by Gasteiger charge is -2.49. The maximum Gasteiger partial charge on any atom is 0.412 e. The quantitative estimate of drug-likeness (QED) is 0.231. The molecule has 2 bridgehead atoms. The summed E-state index contributed by atoms with van der Waals surface area (Å²) in [4.78, 5) is 64.2. The minimum absolute atomic E-state index is 0.114. The Hall–Kier alpha value is -4.10. The Morgan fingerprint density at radius 2 is 1.62 bits per heavy atom. The van der Waals surface area contributed by atoms with E-state index >= 15 is 0 Å². The highest BCUT2D eigenvalue weighted by Gasteiger charge is 2.51. The van der Waals surface area contributed by atoms with Crippen LogP contribution in [-0.4, -0.2) is 73.6 Å². The number of ketones is 2. The van der Waals surface area contributed by atoms with Crippen LogP contribution in [0.4, 0.5) is 10.5 Å². The second-order valence-electron chi connectivity index (χ2n) is 13.0. The fourth-order valence-electron chi connectivity index (χ4n) is 6.23. The van der Waals surface area contributed by atoms with Gasteiger partial charge in [0.25, 0.3) is 0 Å². The van der Waals surface area contributed by atoms with Crippen molar-refractivity contribution in [1.29, 1.82) is 0 Å². The Bertz CT molecular complexity index is 1580. The number of fused-ring (bicyclic) bond motifs is 3. The van der Waals surface area contributed by atoms with E-state index in [4.69, 9.17) is 9.47 Å². The summed E-state index contributed by atoms with van der Waals surface area (Å²) in [5.74, 6) is -3.14. The van der Waals surface area contributed by atoms with E-state index in [9.17, 15) is 32.4 Å². The zero-order chi connectivity index (χ0) is 34.4. The fraction of sp³-hybridized carbons (Fsp3) is 0.500. The van der Waals surface area contributed by atoms with Gasteiger partial charge in [-0.3, -0.25) is 24.5 Å². The van der Waals surface area contributed by atoms with E-state index in [1.54, 1.807) is 57.2 Å². The van der Waals surface area contributed by atoms with E-state index in [0.717, 1.165) is 12.8 Å². The smallest absolute Gasteiger partial charge is 0.412 e. The van der Waals surface area contributed by atoms with Crippen LogP contribution in [-0.2, 0) is 33.9 Å². The molecule has 2 saturated heterocycles. The predicted molar refractivity (Wildman–Crippen MR) is 173 cm³/mol. The first kappa shape index (κ1) is 35.7. The van der Waals surface area contributed by atoms with Gasteiger partial charge in [-0.25, -0.2) is 13.2 Å². The number of anilines is 1. The molecule has 2 amide bonds. The summed E-state index contributed by atoms with van der Waals surface area (Å²) in [5, 5.41) is 5.20. The molecule has 3 aliphatic rings. The number of hydrogen-bond donors (Lipinski definition) is 2. The number of ether oxygens (including phenoxy) is 2. The molecule has 13 heteroatoms. The Balaban J connectivity index is 1.36. The predicted octanol–water partition coefficient (Wildman–Crippen LogP) is 4.49. The highest BCUT2D eigenvalue weighted by molar-refractivity contribution is 7.89. The van der Waals surface area contributed by atoms with Crippen LogP contribution in [0.2, 0.25) is 0 Å². The Morgan fingerprint density at radius 1 is 0.936 bits per heavy atom. The largest absolute Gasteiger partial charge is 0.469 e. The number of benzene rings is 2. The molecule has 0 spiro atoms. The summed E-state index contributed by atoms with van der Waals surface area (Å²) in [5.41, 5.74) is -0.0353. The summed E-state index contributed by atoms with van der Waals surface area (Å²) >= 11 is 0. The average Bonchev–Trinajstić information content (AvgIpc) is 3.04. The number of carbonyl (C=O) groups excluding carboxylic acids is 5. The Labute approximate surface area is 275 Å². The second kappa shape index (κ2) is 15.2. The van der Waals surface area contributed by atoms with Crippen LogP contribution in [0.25, 0.3) is 0 Å². The van der Waals surface area contributed by atoms with Crippen molar-refractivity contribution < 1.29 is 41.9 Å². The van der Waals surface area contributed by atoms with E-state index in [-0.39, 0.29) is 48.4 Å². The number of carbonyl (C=O) groups is 5. The topological polar surface area (TPSA) is 165 Å². The van der Waals surface area contributed by atoms with Crippen LogP contribution in [0, 0.1) is 11.8 Å². The highest BCUT2D eigenvalue weighted by Crippen LogP contribution is 2.43. The number of sulfonamides is 1. The van der Waals surface area contributed by atoms with E-state index < -0.39 is 51.3 Å². The minimum Gasteiger partial charge on any atom is -0.469 e. The van der Waals surface area contributed by atoms with Gasteiger partial charge in [0.2, 0.25) is 15.9 Å². The molecule has 2 heterocycles. The first-order valence-electron chi connectivity index (χ1n) is 15.8. The van der Waals surface area contributed by atoms with Crippen LogP contribution in [0.15, 0.2) is 59.5 Å². The summed E-state index contributed by atoms with van der Waals surface area (Å²) in [6.45, 7) is 4.98. The van der Waals surface area contributed by atoms with Crippen molar-refractivity contribution in [1.82, 2.24) is 9.62 Å². The molecule has 2 atom stereocenters. The van der Waals surface area contributed by atoms with Crippen molar-refractivity contribution in [3.8, 4) is 0 Å². The van der Waals surface area contributed by atoms with Crippen molar-refractivity contribution >= 4 is 45.2 Å². The molecular formula is C34H43N3O9S. The van der Waals surface area contributed by atoms with Crippen LogP contribution in [0.1, 0.15) is 76.1 Å². The third-order valence-electron chi connectivity index (χ3n) is 8.41. The van der Waals surface area contributed by atoms with Crippen molar-refractivity contribution in [2.75, 3.05) is 19.0 Å². The number of piperidine rings is 2. The molecule has 1 unspecified atom stereocenters. The molecule has 12 nitrogen and oxygen atoms in total. The molecule has 5 rings (SSSR count). The van der Waals surface area contributed by atoms with Gasteiger partial charge in [-0.05, 0) is 76.6 Å². The van der Waals surface area contributed by atoms with E-state index in [2.05, 4.69) is 10.6 Å². The van der Waals surface area contributed by atoms with E-state index in [1.807, 2.05) is 0 Å². The van der Waals surface area contributed by atoms with Gasteiger partial charge in [-0.15, -0.1) is 0 Å². The Kier molecular flexibility index (Phi) is 11.6. The number of methoxy groups -OCH3 is 1. The summed E-state index contributed by atoms with van der Waals surface area (Å²) in [6.07, 6.45) is 1.48. The standard InChI is InChI=1S/C34H43N3O9S/c1-34(2,3)46-33(42)36-25-10-8-9-23(19-25)28(38)17-18-30(40)35-21-24(32(41)45-4)20-29(39)31-22-13-15-26(16-14-22)37(31)47(43,44)27-11-6-5-7-12-27/h5-12,19,22,24,26,31H,13-18,20-21H2,1-4H3,(H,35,40)(H,36,42)/t22?,24-,26?,31?/m0/s1. The van der Waals surface area contributed by atoms with Crippen molar-refractivity contribution in [3.63, 3.8) is 0 Å². The van der Waals surface area contributed by atoms with E-state index in [1.165, 1.54) is 29.6 Å². The summed E-state index contributed by atoms with van der Waals surface area (Å²) in [6, 6.07) is 13.1. The molecule has 3 fully saturated rings. The fourth-order valence-corrected chi connectivity index (χ4v) is 8.17. The van der Waals surface area contributed by atoms with Crippen LogP contribution in [0.3, 0.4) is 0 Å². The molecule has 2 N–H and O–H groups in total. The number of amides is 2. The van der Waals surface area contributed by atoms with Gasteiger partial charge in [-0.1, -0.05) is 30.3 Å². The first-order chi connectivity index (χ1) is 22.2. The normalized spacial score (nSPS) is 20.1. The molecule has 0 radical (unpaired) electrons. The molecule has 47 heavy (non-hydrogen) atoms. The monoisotopic (exact) mass is 669 g/mol. The highest BCUT2D eigenvalue weighted by atomic mass is 32.2. The lowest BCUT2D eigenvalue weighted by Crippen LogP contribution is -2.60. The molecule has 2 aromatic rings. The molecule has 1 aliphatic carbocycles. The van der Waals surface area contributed by atoms with Gasteiger partial charge >= 0.3 is 12.1 Å². The van der Waals surface area contributed by atoms with Gasteiger partial charge in [-0.2, -0.15) is 4.31 Å². The Morgan fingerprint density at radius 3 is 2.26 bits per heavy atom. The number of Topliss-reactive ketones (excluding diaryl/α,β-unsaturated/α-hetero) is 2. The molecule has 1 saturated carbocycles. The number of rotatable bonds is 13. The number of nitrogens with zero attached hydrogens (tertiary/aromatic N) is 1. The van der Waals surface area contributed by atoms with Crippen molar-refractivity contribution in [2.45, 2.75) is 88.3 Å². The zero-order valence-electron chi connectivity index (χ0n) is 27.2. The number of nitrogens with one attached hydrogen (secondary N) is 2. The van der Waals surface area contributed by atoms with Gasteiger partial charge < -0.3 is 14.8 Å². The van der Waals surface area contributed by atoms with Crippen LogP contribution in [0.5, 0.6) is 0 Å². The van der Waals surface area contributed by atoms with Crippen LogP contribution < -0.4 is 10.6 Å². The first-order valence-corrected chi connectivity index (χ1v) is 17.2. The van der Waals surface area contributed by atoms with Gasteiger partial charge in [0.05, 0.1) is 24.0 Å². The second-order valence-corrected chi connectivity index (χ2v) is 14.8. The van der Waals surface area contributed by atoms with Gasteiger partial charge in [0, 0.05) is 43.1 Å². The molecule has 0 aromatic heterocycles. The van der Waals surface area contributed by atoms with Gasteiger partial charge in [0.1, 0.15) is 5.60 Å². The van der Waals surface area contributed by atoms with Crippen molar-refractivity contribution in [3.05, 3.63) is 60.2 Å². The third-order valence-corrected chi connectivity index (χ3v) is 10.4. The van der Waals surface area contributed by atoms with Gasteiger partial charge in [0.15, 0.2) is 11.6 Å². The zero-order valence-corrected chi connectivity index (χ0v) is 28.0. The van der Waals surface area contributed by atoms with Crippen LogP contribution >= 0.6 is 0 Å². The van der Waals surface area contributed by atoms with E-state index in [0.29, 0.717) is 24.1 Å². The minimum atomic E-state index is -3.96. The number of esters is 1. The van der Waals surface area contributed by atoms with Crippen molar-refractivity contribution in [2.24, 2.45) is 11.8 Å². The lowest BCUT2D eigenvalue weighted by molar-refractivity contribution is -0.148. The maximum atomic E-state index is 13.8. The molecule has 254 valence electrons. The molecular weight excluding hydrogens is 626 g/mol. The molecule has 2 aromatic carbocycles. The molecule has 2 aliphatic heterocycles. The summed E-state index contributed by atoms with van der Waals surface area (Å²) in [7, 11) is -2.78. The summed E-state index contributed by atoms with van der Waals surface area (Å²) < 4.78 is 38.9. The average molecular weight is 670 g/mol. The maximum absolute atomic E-state index is 13.8. The lowest BCUT2D eigenvalue weighted by atomic mass is 9.74. The number of hydrogen-bond acceptors (Lipinski definition) is 9. The third kappa shape index (κ3) is 9.25.